The van der Waals surface area contributed by atoms with Crippen LogP contribution >= 0.6 is 0 Å². The molecule has 1 aromatic heterocycles. The minimum absolute atomic E-state index is 0.204. The molecule has 102 valence electrons. The van der Waals surface area contributed by atoms with Crippen LogP contribution in [-0.4, -0.2) is 15.8 Å². The molecule has 1 atom stereocenters. The van der Waals surface area contributed by atoms with Gasteiger partial charge in [0.25, 0.3) is 0 Å². The van der Waals surface area contributed by atoms with Gasteiger partial charge in [-0.2, -0.15) is 5.10 Å². The lowest BCUT2D eigenvalue weighted by atomic mass is 10.0. The summed E-state index contributed by atoms with van der Waals surface area (Å²) in [5.74, 6) is 0. The van der Waals surface area contributed by atoms with Crippen molar-refractivity contribution in [2.24, 2.45) is 5.73 Å². The molecule has 19 heavy (non-hydrogen) atoms. The van der Waals surface area contributed by atoms with Gasteiger partial charge in [-0.1, -0.05) is 29.8 Å². The van der Waals surface area contributed by atoms with Crippen LogP contribution in [0.3, 0.4) is 0 Å². The van der Waals surface area contributed by atoms with Gasteiger partial charge >= 0.3 is 0 Å². The average Bonchev–Trinajstić information content (AvgIpc) is 2.84. The smallest absolute Gasteiger partial charge is 0.0522 e. The maximum atomic E-state index is 6.21. The normalized spacial score (nSPS) is 12.6. The highest BCUT2D eigenvalue weighted by Crippen LogP contribution is 2.10. The highest BCUT2D eigenvalue weighted by Gasteiger charge is 2.06. The van der Waals surface area contributed by atoms with Crippen molar-refractivity contribution in [3.63, 3.8) is 0 Å². The van der Waals surface area contributed by atoms with Gasteiger partial charge in [0.1, 0.15) is 0 Å². The van der Waals surface area contributed by atoms with Crippen molar-refractivity contribution in [3.05, 3.63) is 53.3 Å². The zero-order valence-corrected chi connectivity index (χ0v) is 11.8. The Morgan fingerprint density at radius 3 is 2.84 bits per heavy atom. The van der Waals surface area contributed by atoms with E-state index in [9.17, 15) is 0 Å². The first-order chi connectivity index (χ1) is 9.17. The first-order valence-electron chi connectivity index (χ1n) is 7.00. The minimum atomic E-state index is 0.204. The van der Waals surface area contributed by atoms with Crippen LogP contribution in [0.5, 0.6) is 0 Å². The number of nitrogens with two attached hydrogens (primary N) is 1. The SMILES string of the molecule is CCn1cc(CC(N)CCc2cccc(C)c2)cn1. The fourth-order valence-electron chi connectivity index (χ4n) is 2.31. The van der Waals surface area contributed by atoms with Gasteiger partial charge in [-0.15, -0.1) is 0 Å². The Balaban J connectivity index is 1.82. The molecule has 0 fully saturated rings. The van der Waals surface area contributed by atoms with Crippen molar-refractivity contribution >= 4 is 0 Å². The van der Waals surface area contributed by atoms with E-state index in [1.807, 2.05) is 10.9 Å². The molecule has 0 saturated heterocycles. The van der Waals surface area contributed by atoms with Crippen molar-refractivity contribution < 1.29 is 0 Å². The molecular weight excluding hydrogens is 234 g/mol. The van der Waals surface area contributed by atoms with Gasteiger partial charge in [0.2, 0.25) is 0 Å². The van der Waals surface area contributed by atoms with E-state index in [2.05, 4.69) is 49.4 Å². The maximum Gasteiger partial charge on any atom is 0.0522 e. The van der Waals surface area contributed by atoms with E-state index in [4.69, 9.17) is 5.73 Å². The van der Waals surface area contributed by atoms with Crippen molar-refractivity contribution in [3.8, 4) is 0 Å². The summed E-state index contributed by atoms with van der Waals surface area (Å²) in [6.07, 6.45) is 6.99. The van der Waals surface area contributed by atoms with Crippen LogP contribution in [0.4, 0.5) is 0 Å². The molecule has 2 rings (SSSR count). The van der Waals surface area contributed by atoms with Gasteiger partial charge in [-0.3, -0.25) is 4.68 Å². The van der Waals surface area contributed by atoms with Gasteiger partial charge in [-0.05, 0) is 44.2 Å². The summed E-state index contributed by atoms with van der Waals surface area (Å²) in [5, 5.41) is 4.28. The second kappa shape index (κ2) is 6.53. The largest absolute Gasteiger partial charge is 0.327 e. The third-order valence-corrected chi connectivity index (χ3v) is 3.39. The number of aromatic nitrogens is 2. The second-order valence-electron chi connectivity index (χ2n) is 5.20. The molecule has 1 unspecified atom stereocenters. The number of nitrogens with zero attached hydrogens (tertiary/aromatic N) is 2. The summed E-state index contributed by atoms with van der Waals surface area (Å²) in [6, 6.07) is 8.86. The van der Waals surface area contributed by atoms with Crippen molar-refractivity contribution in [1.29, 1.82) is 0 Å². The monoisotopic (exact) mass is 257 g/mol. The van der Waals surface area contributed by atoms with E-state index in [-0.39, 0.29) is 6.04 Å². The molecule has 1 heterocycles. The molecule has 3 heteroatoms. The van der Waals surface area contributed by atoms with Gasteiger partial charge < -0.3 is 5.73 Å². The topological polar surface area (TPSA) is 43.8 Å². The molecule has 0 aliphatic rings. The van der Waals surface area contributed by atoms with Crippen LogP contribution in [-0.2, 0) is 19.4 Å². The Labute approximate surface area is 115 Å². The molecule has 0 amide bonds. The molecule has 0 saturated carbocycles. The summed E-state index contributed by atoms with van der Waals surface area (Å²) >= 11 is 0. The molecule has 3 nitrogen and oxygen atoms in total. The molecule has 0 aliphatic carbocycles. The van der Waals surface area contributed by atoms with E-state index in [1.165, 1.54) is 16.7 Å². The lowest BCUT2D eigenvalue weighted by Gasteiger charge is -2.10. The molecule has 0 radical (unpaired) electrons. The second-order valence-corrected chi connectivity index (χ2v) is 5.20. The standard InChI is InChI=1S/C16H23N3/c1-3-19-12-15(11-18-19)10-16(17)8-7-14-6-4-5-13(2)9-14/h4-6,9,11-12,16H,3,7-8,10,17H2,1-2H3. The Bertz CT molecular complexity index is 516. The first kappa shape index (κ1) is 13.8. The quantitative estimate of drug-likeness (QED) is 0.864. The van der Waals surface area contributed by atoms with Crippen molar-refractivity contribution in [2.45, 2.75) is 45.7 Å². The summed E-state index contributed by atoms with van der Waals surface area (Å²) in [5.41, 5.74) is 10.1. The number of hydrogen-bond donors (Lipinski definition) is 1. The van der Waals surface area contributed by atoms with E-state index < -0.39 is 0 Å². The molecule has 0 spiro atoms. The summed E-state index contributed by atoms with van der Waals surface area (Å²) < 4.78 is 1.95. The Morgan fingerprint density at radius 2 is 2.16 bits per heavy atom. The van der Waals surface area contributed by atoms with Crippen LogP contribution in [0, 0.1) is 6.92 Å². The molecule has 1 aromatic carbocycles. The maximum absolute atomic E-state index is 6.21. The third kappa shape index (κ3) is 4.21. The molecule has 2 N–H and O–H groups in total. The van der Waals surface area contributed by atoms with E-state index in [0.717, 1.165) is 25.8 Å². The molecule has 0 bridgehead atoms. The number of benzene rings is 1. The van der Waals surface area contributed by atoms with Crippen LogP contribution in [0.15, 0.2) is 36.7 Å². The minimum Gasteiger partial charge on any atom is -0.327 e. The number of hydrogen-bond acceptors (Lipinski definition) is 2. The highest BCUT2D eigenvalue weighted by molar-refractivity contribution is 5.22. The van der Waals surface area contributed by atoms with Crippen molar-refractivity contribution in [2.75, 3.05) is 0 Å². The lowest BCUT2D eigenvalue weighted by Crippen LogP contribution is -2.23. The number of aryl methyl sites for hydroxylation is 3. The fourth-order valence-corrected chi connectivity index (χ4v) is 2.31. The molecule has 2 aromatic rings. The van der Waals surface area contributed by atoms with Gasteiger partial charge in [0.15, 0.2) is 0 Å². The Hall–Kier alpha value is -1.61. The van der Waals surface area contributed by atoms with Crippen molar-refractivity contribution in [1.82, 2.24) is 9.78 Å². The average molecular weight is 257 g/mol. The molecule has 0 aliphatic heterocycles. The van der Waals surface area contributed by atoms with Gasteiger partial charge in [-0.25, -0.2) is 0 Å². The van der Waals surface area contributed by atoms with Crippen LogP contribution in [0.2, 0.25) is 0 Å². The zero-order valence-electron chi connectivity index (χ0n) is 11.8. The Morgan fingerprint density at radius 1 is 1.32 bits per heavy atom. The van der Waals surface area contributed by atoms with Gasteiger partial charge in [0, 0.05) is 18.8 Å². The van der Waals surface area contributed by atoms with Crippen LogP contribution < -0.4 is 5.73 Å². The first-order valence-corrected chi connectivity index (χ1v) is 7.00. The Kier molecular flexibility index (Phi) is 4.74. The van der Waals surface area contributed by atoms with E-state index in [0.29, 0.717) is 0 Å². The number of rotatable bonds is 6. The zero-order chi connectivity index (χ0) is 13.7. The van der Waals surface area contributed by atoms with E-state index in [1.54, 1.807) is 0 Å². The van der Waals surface area contributed by atoms with Crippen LogP contribution in [0.1, 0.15) is 30.0 Å². The highest BCUT2D eigenvalue weighted by atomic mass is 15.3. The fraction of sp³-hybridized carbons (Fsp3) is 0.438. The van der Waals surface area contributed by atoms with Gasteiger partial charge in [0.05, 0.1) is 6.20 Å². The van der Waals surface area contributed by atoms with Crippen LogP contribution in [0.25, 0.3) is 0 Å². The molecular formula is C16H23N3. The summed E-state index contributed by atoms with van der Waals surface area (Å²) in [6.45, 7) is 5.13. The third-order valence-electron chi connectivity index (χ3n) is 3.39. The predicted molar refractivity (Wildman–Crippen MR) is 79.1 cm³/mol. The lowest BCUT2D eigenvalue weighted by molar-refractivity contribution is 0.608. The summed E-state index contributed by atoms with van der Waals surface area (Å²) in [4.78, 5) is 0. The van der Waals surface area contributed by atoms with E-state index >= 15 is 0 Å². The summed E-state index contributed by atoms with van der Waals surface area (Å²) in [7, 11) is 0. The predicted octanol–water partition coefficient (Wildman–Crippen LogP) is 2.71.